The summed E-state index contributed by atoms with van der Waals surface area (Å²) < 4.78 is 5.08. The first-order chi connectivity index (χ1) is 5.77. The lowest BCUT2D eigenvalue weighted by Crippen LogP contribution is -1.88. The number of halogens is 1. The first kappa shape index (κ1) is 8.11. The molecule has 0 amide bonds. The number of carbonyl (C=O) groups excluding carboxylic acids is 1. The second-order valence-electron chi connectivity index (χ2n) is 2.17. The van der Waals surface area contributed by atoms with Gasteiger partial charge in [0.05, 0.1) is 0 Å². The van der Waals surface area contributed by atoms with E-state index in [1.54, 1.807) is 17.4 Å². The largest absolute Gasteiger partial charge is 0.274 e. The van der Waals surface area contributed by atoms with E-state index in [0.29, 0.717) is 5.69 Å². The zero-order chi connectivity index (χ0) is 8.55. The summed E-state index contributed by atoms with van der Waals surface area (Å²) in [6.45, 7) is 0. The van der Waals surface area contributed by atoms with Crippen LogP contribution >= 0.6 is 31.3 Å². The summed E-state index contributed by atoms with van der Waals surface area (Å²) >= 11 is 6.88. The maximum absolute atomic E-state index is 10.7. The van der Waals surface area contributed by atoms with Gasteiger partial charge in [0.15, 0.2) is 0 Å². The fourth-order valence-corrected chi connectivity index (χ4v) is 2.79. The van der Waals surface area contributed by atoms with Crippen molar-refractivity contribution < 1.29 is 4.79 Å². The minimum Gasteiger partial charge on any atom is -0.274 e. The van der Waals surface area contributed by atoms with Crippen molar-refractivity contribution in [1.82, 2.24) is 4.75 Å². The number of fused-ring (bicyclic) bond motifs is 1. The number of nitrogens with zero attached hydrogens (tertiary/aromatic N) is 1. The van der Waals surface area contributed by atoms with Crippen LogP contribution in [0.25, 0.3) is 9.82 Å². The molecule has 0 unspecified atom stereocenters. The molecule has 0 saturated heterocycles. The van der Waals surface area contributed by atoms with Crippen LogP contribution in [0.5, 0.6) is 0 Å². The van der Waals surface area contributed by atoms with Gasteiger partial charge in [0.2, 0.25) is 0 Å². The standard InChI is InChI=1S/C7H3ClNOPS/c8-7(10)4-3-6-5(11-9-4)1-2-12-6/h1-3H. The van der Waals surface area contributed by atoms with E-state index in [2.05, 4.69) is 4.75 Å². The molecular formula is C7H3ClNOPS. The zero-order valence-electron chi connectivity index (χ0n) is 5.82. The molecule has 2 nitrogen and oxygen atoms in total. The first-order valence-electron chi connectivity index (χ1n) is 3.18. The molecule has 0 saturated carbocycles. The monoisotopic (exact) mass is 215 g/mol. The van der Waals surface area contributed by atoms with Crippen LogP contribution in [0.1, 0.15) is 10.5 Å². The van der Waals surface area contributed by atoms with Crippen molar-refractivity contribution >= 4 is 46.3 Å². The number of hydrogen-bond donors (Lipinski definition) is 0. The third-order valence-corrected chi connectivity index (χ3v) is 3.54. The summed E-state index contributed by atoms with van der Waals surface area (Å²) in [6.07, 6.45) is 0. The average Bonchev–Trinajstić information content (AvgIpc) is 2.49. The molecular weight excluding hydrogens is 213 g/mol. The van der Waals surface area contributed by atoms with Gasteiger partial charge in [-0.1, -0.05) is 0 Å². The van der Waals surface area contributed by atoms with Gasteiger partial charge in [0, 0.05) is 18.2 Å². The lowest BCUT2D eigenvalue weighted by atomic mass is 10.4. The third kappa shape index (κ3) is 1.36. The number of hydrogen-bond acceptors (Lipinski definition) is 3. The fourth-order valence-electron chi connectivity index (χ4n) is 0.862. The van der Waals surface area contributed by atoms with Crippen molar-refractivity contribution in [1.29, 1.82) is 0 Å². The Kier molecular flexibility index (Phi) is 2.09. The van der Waals surface area contributed by atoms with Crippen molar-refractivity contribution in [2.75, 3.05) is 0 Å². The number of thiophene rings is 1. The van der Waals surface area contributed by atoms with Crippen LogP contribution in [0.3, 0.4) is 0 Å². The van der Waals surface area contributed by atoms with Crippen molar-refractivity contribution in [3.05, 3.63) is 23.2 Å². The van der Waals surface area contributed by atoms with Crippen LogP contribution in [-0.2, 0) is 0 Å². The lowest BCUT2D eigenvalue weighted by Gasteiger charge is -1.90. The Hall–Kier alpha value is -0.500. The van der Waals surface area contributed by atoms with Gasteiger partial charge in [-0.25, -0.2) is 4.75 Å². The van der Waals surface area contributed by atoms with E-state index in [0.717, 1.165) is 18.2 Å². The minimum absolute atomic E-state index is 0.355. The molecule has 60 valence electrons. The minimum atomic E-state index is -0.485. The highest BCUT2D eigenvalue weighted by Crippen LogP contribution is 2.27. The van der Waals surface area contributed by atoms with Crippen LogP contribution in [0, 0.1) is 0 Å². The van der Waals surface area contributed by atoms with Crippen LogP contribution < -0.4 is 0 Å². The Morgan fingerprint density at radius 1 is 1.67 bits per heavy atom. The molecule has 0 bridgehead atoms. The predicted octanol–water partition coefficient (Wildman–Crippen LogP) is 3.26. The van der Waals surface area contributed by atoms with E-state index >= 15 is 0 Å². The molecule has 0 atom stereocenters. The SMILES string of the molecule is O=C(Cl)c1cc2sccc2pn1. The molecule has 0 aliphatic carbocycles. The summed E-state index contributed by atoms with van der Waals surface area (Å²) in [5.41, 5.74) is 0.355. The Balaban J connectivity index is 2.68. The molecule has 2 aromatic rings. The maximum atomic E-state index is 10.7. The summed E-state index contributed by atoms with van der Waals surface area (Å²) in [7, 11) is 0.813. The lowest BCUT2D eigenvalue weighted by molar-refractivity contribution is 0.107. The highest BCUT2D eigenvalue weighted by atomic mass is 35.5. The van der Waals surface area contributed by atoms with Gasteiger partial charge in [0.25, 0.3) is 5.24 Å². The second-order valence-corrected chi connectivity index (χ2v) is 4.35. The van der Waals surface area contributed by atoms with Crippen LogP contribution in [0.4, 0.5) is 0 Å². The van der Waals surface area contributed by atoms with E-state index in [1.807, 2.05) is 11.4 Å². The summed E-state index contributed by atoms with van der Waals surface area (Å²) in [4.78, 5) is 10.7. The predicted molar refractivity (Wildman–Crippen MR) is 52.3 cm³/mol. The maximum Gasteiger partial charge on any atom is 0.271 e. The Labute approximate surface area is 79.4 Å². The van der Waals surface area contributed by atoms with Gasteiger partial charge in [0.1, 0.15) is 5.69 Å². The average molecular weight is 216 g/mol. The molecule has 0 N–H and O–H groups in total. The molecule has 0 spiro atoms. The normalized spacial score (nSPS) is 11.1. The van der Waals surface area contributed by atoms with Gasteiger partial charge in [-0.2, -0.15) is 0 Å². The number of aromatic nitrogens is 1. The Morgan fingerprint density at radius 2 is 2.50 bits per heavy atom. The molecule has 0 aliphatic rings. The fraction of sp³-hybridized carbons (Fsp3) is 0. The van der Waals surface area contributed by atoms with E-state index in [4.69, 9.17) is 11.6 Å². The Morgan fingerprint density at radius 3 is 3.25 bits per heavy atom. The van der Waals surface area contributed by atoms with Gasteiger partial charge in [-0.3, -0.25) is 4.79 Å². The van der Waals surface area contributed by atoms with Gasteiger partial charge < -0.3 is 0 Å². The molecule has 12 heavy (non-hydrogen) atoms. The van der Waals surface area contributed by atoms with E-state index < -0.39 is 5.24 Å². The molecule has 0 fully saturated rings. The van der Waals surface area contributed by atoms with Crippen molar-refractivity contribution in [3.63, 3.8) is 0 Å². The van der Waals surface area contributed by atoms with E-state index in [1.165, 1.54) is 0 Å². The van der Waals surface area contributed by atoms with E-state index in [9.17, 15) is 4.79 Å². The van der Waals surface area contributed by atoms with Gasteiger partial charge >= 0.3 is 0 Å². The highest BCUT2D eigenvalue weighted by molar-refractivity contribution is 7.35. The summed E-state index contributed by atoms with van der Waals surface area (Å²) in [5, 5.41) is 2.63. The molecule has 5 heteroatoms. The quantitative estimate of drug-likeness (QED) is 0.684. The van der Waals surface area contributed by atoms with Gasteiger partial charge in [-0.15, -0.1) is 11.3 Å². The van der Waals surface area contributed by atoms with Crippen molar-refractivity contribution in [3.8, 4) is 0 Å². The molecule has 0 radical (unpaired) electrons. The van der Waals surface area contributed by atoms with Crippen LogP contribution in [-0.4, -0.2) is 9.99 Å². The molecule has 2 rings (SSSR count). The van der Waals surface area contributed by atoms with Crippen molar-refractivity contribution in [2.45, 2.75) is 0 Å². The first-order valence-corrected chi connectivity index (χ1v) is 5.28. The smallest absolute Gasteiger partial charge is 0.271 e. The molecule has 0 aromatic carbocycles. The number of carbonyl (C=O) groups is 1. The Bertz CT molecular complexity index is 442. The third-order valence-electron chi connectivity index (χ3n) is 1.41. The molecule has 2 aromatic heterocycles. The summed E-state index contributed by atoms with van der Waals surface area (Å²) in [6, 6.07) is 3.73. The summed E-state index contributed by atoms with van der Waals surface area (Å²) in [5.74, 6) is 0. The van der Waals surface area contributed by atoms with Crippen LogP contribution in [0.2, 0.25) is 0 Å². The molecule has 0 aliphatic heterocycles. The second kappa shape index (κ2) is 3.09. The van der Waals surface area contributed by atoms with E-state index in [-0.39, 0.29) is 0 Å². The highest BCUT2D eigenvalue weighted by Gasteiger charge is 2.04. The number of rotatable bonds is 1. The zero-order valence-corrected chi connectivity index (χ0v) is 8.29. The van der Waals surface area contributed by atoms with Gasteiger partial charge in [-0.05, 0) is 29.1 Å². The molecule has 2 heterocycles. The topological polar surface area (TPSA) is 30.0 Å². The van der Waals surface area contributed by atoms with Crippen molar-refractivity contribution in [2.24, 2.45) is 0 Å². The van der Waals surface area contributed by atoms with Crippen LogP contribution in [0.15, 0.2) is 17.5 Å².